The van der Waals surface area contributed by atoms with E-state index < -0.39 is 5.54 Å². The molecular weight excluding hydrogens is 266 g/mol. The van der Waals surface area contributed by atoms with Crippen molar-refractivity contribution < 1.29 is 9.59 Å². The van der Waals surface area contributed by atoms with E-state index in [0.29, 0.717) is 6.54 Å². The molecule has 0 bridgehead atoms. The topological polar surface area (TPSA) is 73.2 Å². The van der Waals surface area contributed by atoms with Crippen molar-refractivity contribution in [2.45, 2.75) is 45.1 Å². The van der Waals surface area contributed by atoms with Gasteiger partial charge >= 0.3 is 0 Å². The quantitative estimate of drug-likeness (QED) is 0.792. The third-order valence-electron chi connectivity index (χ3n) is 6.06. The molecule has 5 heteroatoms. The summed E-state index contributed by atoms with van der Waals surface area (Å²) in [4.78, 5) is 26.0. The zero-order valence-electron chi connectivity index (χ0n) is 13.0. The number of nitrogens with one attached hydrogen (secondary N) is 1. The number of piperidine rings is 1. The fourth-order valence-electron chi connectivity index (χ4n) is 4.51. The Morgan fingerprint density at radius 3 is 2.48 bits per heavy atom. The van der Waals surface area contributed by atoms with Crippen molar-refractivity contribution in [3.8, 4) is 6.07 Å². The molecule has 1 aliphatic heterocycles. The second-order valence-electron chi connectivity index (χ2n) is 7.32. The first-order valence-corrected chi connectivity index (χ1v) is 7.84. The summed E-state index contributed by atoms with van der Waals surface area (Å²) in [7, 11) is 1.82. The van der Waals surface area contributed by atoms with E-state index in [4.69, 9.17) is 0 Å². The minimum atomic E-state index is -0.478. The number of imide groups is 1. The minimum absolute atomic E-state index is 0.0000113. The minimum Gasteiger partial charge on any atom is -0.302 e. The monoisotopic (exact) mass is 289 g/mol. The Balaban J connectivity index is 1.64. The highest BCUT2D eigenvalue weighted by Crippen LogP contribution is 2.63. The first-order chi connectivity index (χ1) is 9.89. The summed E-state index contributed by atoms with van der Waals surface area (Å²) < 4.78 is 0. The van der Waals surface area contributed by atoms with Crippen LogP contribution in [-0.4, -0.2) is 35.8 Å². The lowest BCUT2D eigenvalue weighted by Gasteiger charge is -2.30. The van der Waals surface area contributed by atoms with Gasteiger partial charge in [0.2, 0.25) is 11.8 Å². The van der Waals surface area contributed by atoms with Crippen molar-refractivity contribution in [2.24, 2.45) is 23.2 Å². The van der Waals surface area contributed by atoms with Gasteiger partial charge in [-0.15, -0.1) is 0 Å². The summed E-state index contributed by atoms with van der Waals surface area (Å²) in [6.45, 7) is 4.46. The second kappa shape index (κ2) is 4.54. The number of nitriles is 1. The van der Waals surface area contributed by atoms with Crippen LogP contribution in [0.5, 0.6) is 0 Å². The zero-order valence-corrected chi connectivity index (χ0v) is 13.0. The number of likely N-dealkylation sites (tertiary alicyclic amines) is 1. The van der Waals surface area contributed by atoms with E-state index in [1.165, 1.54) is 4.90 Å². The molecule has 0 aromatic heterocycles. The van der Waals surface area contributed by atoms with Crippen molar-refractivity contribution in [3.63, 3.8) is 0 Å². The van der Waals surface area contributed by atoms with Crippen LogP contribution in [0, 0.1) is 34.5 Å². The van der Waals surface area contributed by atoms with Gasteiger partial charge in [-0.05, 0) is 37.6 Å². The average molecular weight is 289 g/mol. The molecule has 2 saturated carbocycles. The molecule has 3 rings (SSSR count). The van der Waals surface area contributed by atoms with Gasteiger partial charge in [-0.1, -0.05) is 20.3 Å². The predicted octanol–water partition coefficient (Wildman–Crippen LogP) is 1.30. The van der Waals surface area contributed by atoms with Crippen LogP contribution in [0.15, 0.2) is 0 Å². The van der Waals surface area contributed by atoms with Crippen molar-refractivity contribution in [3.05, 3.63) is 0 Å². The molecule has 4 atom stereocenters. The van der Waals surface area contributed by atoms with Crippen LogP contribution in [0.4, 0.5) is 0 Å². The Morgan fingerprint density at radius 2 is 1.95 bits per heavy atom. The molecular formula is C16H23N3O2. The number of amides is 2. The lowest BCUT2D eigenvalue weighted by molar-refractivity contribution is -0.143. The largest absolute Gasteiger partial charge is 0.302 e. The van der Waals surface area contributed by atoms with Gasteiger partial charge in [-0.3, -0.25) is 14.5 Å². The highest BCUT2D eigenvalue weighted by Gasteiger charge is 2.72. The summed E-state index contributed by atoms with van der Waals surface area (Å²) >= 11 is 0. The third-order valence-corrected chi connectivity index (χ3v) is 6.06. The van der Waals surface area contributed by atoms with E-state index in [1.54, 1.807) is 0 Å². The summed E-state index contributed by atoms with van der Waals surface area (Å²) in [5.41, 5.74) is -0.618. The van der Waals surface area contributed by atoms with Crippen LogP contribution in [-0.2, 0) is 9.59 Å². The normalized spacial score (nSPS) is 40.3. The Kier molecular flexibility index (Phi) is 3.14. The fourth-order valence-corrected chi connectivity index (χ4v) is 4.51. The van der Waals surface area contributed by atoms with Crippen LogP contribution in [0.3, 0.4) is 0 Å². The standard InChI is InChI=1S/C16H23N3O2/c1-15(2)11-12(15)14(21)19(13(11)20)8-6-10-5-4-7-16(10,9-17)18-3/h10-12,18H,4-8H2,1-3H3. The zero-order chi connectivity index (χ0) is 15.4. The summed E-state index contributed by atoms with van der Waals surface area (Å²) in [6, 6.07) is 2.41. The third kappa shape index (κ3) is 1.85. The van der Waals surface area contributed by atoms with E-state index in [1.807, 2.05) is 20.9 Å². The second-order valence-corrected chi connectivity index (χ2v) is 7.32. The Hall–Kier alpha value is -1.41. The Morgan fingerprint density at radius 1 is 1.33 bits per heavy atom. The SMILES string of the molecule is CNC1(C#N)CCCC1CCN1C(=O)C2C(C1=O)C2(C)C. The maximum absolute atomic E-state index is 12.3. The molecule has 1 N–H and O–H groups in total. The summed E-state index contributed by atoms with van der Waals surface area (Å²) in [6.07, 6.45) is 3.60. The van der Waals surface area contributed by atoms with Crippen LogP contribution < -0.4 is 5.32 Å². The first-order valence-electron chi connectivity index (χ1n) is 7.84. The van der Waals surface area contributed by atoms with Crippen LogP contribution >= 0.6 is 0 Å². The molecule has 21 heavy (non-hydrogen) atoms. The van der Waals surface area contributed by atoms with Crippen LogP contribution in [0.2, 0.25) is 0 Å². The number of fused-ring (bicyclic) bond motifs is 1. The molecule has 114 valence electrons. The average Bonchev–Trinajstić information content (AvgIpc) is 2.74. The number of carbonyl (C=O) groups is 2. The van der Waals surface area contributed by atoms with E-state index in [0.717, 1.165) is 25.7 Å². The molecule has 4 unspecified atom stereocenters. The Bertz CT molecular complexity index is 512. The predicted molar refractivity (Wildman–Crippen MR) is 76.8 cm³/mol. The van der Waals surface area contributed by atoms with Gasteiger partial charge < -0.3 is 5.32 Å². The van der Waals surface area contributed by atoms with Crippen molar-refractivity contribution in [1.29, 1.82) is 5.26 Å². The first kappa shape index (κ1) is 14.5. The van der Waals surface area contributed by atoms with E-state index in [2.05, 4.69) is 11.4 Å². The molecule has 1 heterocycles. The van der Waals surface area contributed by atoms with Gasteiger partial charge in [-0.25, -0.2) is 0 Å². The van der Waals surface area contributed by atoms with Crippen LogP contribution in [0.25, 0.3) is 0 Å². The molecule has 3 aliphatic rings. The van der Waals surface area contributed by atoms with Gasteiger partial charge in [0, 0.05) is 6.54 Å². The van der Waals surface area contributed by atoms with E-state index in [-0.39, 0.29) is 35.0 Å². The number of nitrogens with zero attached hydrogens (tertiary/aromatic N) is 2. The number of rotatable bonds is 4. The molecule has 0 aromatic rings. The maximum atomic E-state index is 12.3. The number of carbonyl (C=O) groups excluding carboxylic acids is 2. The smallest absolute Gasteiger partial charge is 0.233 e. The Labute approximate surface area is 125 Å². The van der Waals surface area contributed by atoms with Gasteiger partial charge in [0.25, 0.3) is 0 Å². The molecule has 3 fully saturated rings. The lowest BCUT2D eigenvalue weighted by Crippen LogP contribution is -2.46. The lowest BCUT2D eigenvalue weighted by atomic mass is 9.86. The van der Waals surface area contributed by atoms with Crippen molar-refractivity contribution >= 4 is 11.8 Å². The van der Waals surface area contributed by atoms with Gasteiger partial charge in [0.05, 0.1) is 17.9 Å². The summed E-state index contributed by atoms with van der Waals surface area (Å²) in [5, 5.41) is 12.6. The molecule has 0 spiro atoms. The van der Waals surface area contributed by atoms with Gasteiger partial charge in [0.15, 0.2) is 0 Å². The van der Waals surface area contributed by atoms with E-state index in [9.17, 15) is 14.9 Å². The van der Waals surface area contributed by atoms with Crippen LogP contribution in [0.1, 0.15) is 39.5 Å². The molecule has 2 aliphatic carbocycles. The fraction of sp³-hybridized carbons (Fsp3) is 0.812. The molecule has 5 nitrogen and oxygen atoms in total. The number of hydrogen-bond acceptors (Lipinski definition) is 4. The molecule has 2 amide bonds. The summed E-state index contributed by atoms with van der Waals surface area (Å²) in [5.74, 6) is 0.0234. The number of hydrogen-bond donors (Lipinski definition) is 1. The molecule has 0 radical (unpaired) electrons. The highest BCUT2D eigenvalue weighted by atomic mass is 16.2. The van der Waals surface area contributed by atoms with Crippen molar-refractivity contribution in [1.82, 2.24) is 10.2 Å². The van der Waals surface area contributed by atoms with Gasteiger partial charge in [0.1, 0.15) is 5.54 Å². The molecule has 0 aromatic carbocycles. The maximum Gasteiger partial charge on any atom is 0.233 e. The highest BCUT2D eigenvalue weighted by molar-refractivity contribution is 6.10. The molecule has 1 saturated heterocycles. The van der Waals surface area contributed by atoms with E-state index >= 15 is 0 Å². The van der Waals surface area contributed by atoms with Gasteiger partial charge in [-0.2, -0.15) is 5.26 Å². The van der Waals surface area contributed by atoms with Crippen molar-refractivity contribution in [2.75, 3.05) is 13.6 Å².